The van der Waals surface area contributed by atoms with E-state index in [0.29, 0.717) is 18.1 Å². The lowest BCUT2D eigenvalue weighted by Crippen LogP contribution is -2.37. The number of nitrogens with zero attached hydrogens (tertiary/aromatic N) is 2. The number of hydrogen-bond donors (Lipinski definition) is 1. The maximum Gasteiger partial charge on any atom is 0.228 e. The van der Waals surface area contributed by atoms with Gasteiger partial charge in [-0.2, -0.15) is 4.98 Å². The molecule has 21 heavy (non-hydrogen) atoms. The molecule has 0 spiro atoms. The smallest absolute Gasteiger partial charge is 0.228 e. The average Bonchev–Trinajstić information content (AvgIpc) is 2.90. The highest BCUT2D eigenvalue weighted by molar-refractivity contribution is 5.50. The number of anilines is 1. The van der Waals surface area contributed by atoms with Crippen molar-refractivity contribution in [1.82, 2.24) is 10.1 Å². The monoisotopic (exact) mass is 287 g/mol. The van der Waals surface area contributed by atoms with Crippen LogP contribution in [-0.2, 0) is 16.8 Å². The van der Waals surface area contributed by atoms with Crippen molar-refractivity contribution in [3.8, 4) is 0 Å². The number of benzene rings is 1. The Morgan fingerprint density at radius 1 is 1.33 bits per heavy atom. The summed E-state index contributed by atoms with van der Waals surface area (Å²) < 4.78 is 10.9. The van der Waals surface area contributed by atoms with Crippen LogP contribution in [0.4, 0.5) is 5.69 Å². The SMILES string of the molecule is COC1(c2noc(CCNc3ccccc3C)n2)CCC1. The Hall–Kier alpha value is -1.88. The van der Waals surface area contributed by atoms with Gasteiger partial charge in [-0.05, 0) is 37.8 Å². The van der Waals surface area contributed by atoms with Gasteiger partial charge >= 0.3 is 0 Å². The molecule has 1 aromatic heterocycles. The number of nitrogens with one attached hydrogen (secondary N) is 1. The minimum atomic E-state index is -0.300. The maximum atomic E-state index is 5.56. The Balaban J connectivity index is 1.57. The fraction of sp³-hybridized carbons (Fsp3) is 0.500. The number of para-hydroxylation sites is 1. The summed E-state index contributed by atoms with van der Waals surface area (Å²) in [4.78, 5) is 4.49. The van der Waals surface area contributed by atoms with E-state index in [-0.39, 0.29) is 5.60 Å². The van der Waals surface area contributed by atoms with E-state index in [1.807, 2.05) is 12.1 Å². The Morgan fingerprint density at radius 2 is 2.14 bits per heavy atom. The van der Waals surface area contributed by atoms with Crippen molar-refractivity contribution < 1.29 is 9.26 Å². The van der Waals surface area contributed by atoms with E-state index in [4.69, 9.17) is 9.26 Å². The van der Waals surface area contributed by atoms with Crippen molar-refractivity contribution in [2.24, 2.45) is 0 Å². The minimum absolute atomic E-state index is 0.300. The van der Waals surface area contributed by atoms with Crippen LogP contribution in [0.15, 0.2) is 28.8 Å². The van der Waals surface area contributed by atoms with Crippen molar-refractivity contribution in [2.75, 3.05) is 19.0 Å². The number of methoxy groups -OCH3 is 1. The van der Waals surface area contributed by atoms with Gasteiger partial charge in [0.05, 0.1) is 0 Å². The van der Waals surface area contributed by atoms with Crippen LogP contribution in [0, 0.1) is 6.92 Å². The molecule has 0 aliphatic heterocycles. The van der Waals surface area contributed by atoms with E-state index in [1.54, 1.807) is 7.11 Å². The van der Waals surface area contributed by atoms with Gasteiger partial charge in [0.15, 0.2) is 0 Å². The summed E-state index contributed by atoms with van der Waals surface area (Å²) >= 11 is 0. The lowest BCUT2D eigenvalue weighted by Gasteiger charge is -2.37. The predicted molar refractivity (Wildman–Crippen MR) is 80.2 cm³/mol. The van der Waals surface area contributed by atoms with Crippen molar-refractivity contribution in [2.45, 2.75) is 38.2 Å². The molecule has 5 nitrogen and oxygen atoms in total. The number of aryl methyl sites for hydroxylation is 1. The van der Waals surface area contributed by atoms with Gasteiger partial charge in [-0.15, -0.1) is 0 Å². The first-order valence-electron chi connectivity index (χ1n) is 7.41. The molecular weight excluding hydrogens is 266 g/mol. The topological polar surface area (TPSA) is 60.2 Å². The molecule has 2 aromatic rings. The van der Waals surface area contributed by atoms with E-state index in [0.717, 1.165) is 31.5 Å². The normalized spacial score (nSPS) is 16.5. The van der Waals surface area contributed by atoms with E-state index in [2.05, 4.69) is 34.5 Å². The molecule has 1 saturated carbocycles. The second kappa shape index (κ2) is 5.85. The Labute approximate surface area is 124 Å². The summed E-state index contributed by atoms with van der Waals surface area (Å²) in [5.74, 6) is 1.36. The molecule has 1 aliphatic carbocycles. The number of aromatic nitrogens is 2. The number of rotatable bonds is 6. The van der Waals surface area contributed by atoms with Crippen molar-refractivity contribution in [3.63, 3.8) is 0 Å². The molecule has 1 aliphatic rings. The van der Waals surface area contributed by atoms with Crippen molar-refractivity contribution in [3.05, 3.63) is 41.5 Å². The molecule has 0 atom stereocenters. The lowest BCUT2D eigenvalue weighted by molar-refractivity contribution is -0.0858. The van der Waals surface area contributed by atoms with Gasteiger partial charge in [-0.25, -0.2) is 0 Å². The third-order valence-corrected chi connectivity index (χ3v) is 4.23. The predicted octanol–water partition coefficient (Wildman–Crippen LogP) is 3.06. The first-order valence-corrected chi connectivity index (χ1v) is 7.41. The molecule has 0 amide bonds. The molecule has 1 fully saturated rings. The summed E-state index contributed by atoms with van der Waals surface area (Å²) in [5.41, 5.74) is 2.08. The second-order valence-corrected chi connectivity index (χ2v) is 5.56. The van der Waals surface area contributed by atoms with E-state index in [1.165, 1.54) is 5.56 Å². The van der Waals surface area contributed by atoms with Crippen LogP contribution in [0.1, 0.15) is 36.5 Å². The second-order valence-electron chi connectivity index (χ2n) is 5.56. The average molecular weight is 287 g/mol. The van der Waals surface area contributed by atoms with Gasteiger partial charge < -0.3 is 14.6 Å². The zero-order chi connectivity index (χ0) is 14.7. The summed E-state index contributed by atoms with van der Waals surface area (Å²) in [6.07, 6.45) is 3.82. The lowest BCUT2D eigenvalue weighted by atomic mass is 9.79. The molecule has 0 unspecified atom stereocenters. The molecular formula is C16H21N3O2. The third-order valence-electron chi connectivity index (χ3n) is 4.23. The van der Waals surface area contributed by atoms with Gasteiger partial charge in [0.25, 0.3) is 0 Å². The molecule has 5 heteroatoms. The van der Waals surface area contributed by atoms with Crippen LogP contribution in [0.5, 0.6) is 0 Å². The van der Waals surface area contributed by atoms with Crippen LogP contribution in [-0.4, -0.2) is 23.8 Å². The highest BCUT2D eigenvalue weighted by Crippen LogP contribution is 2.42. The zero-order valence-electron chi connectivity index (χ0n) is 12.6. The van der Waals surface area contributed by atoms with Crippen LogP contribution in [0.25, 0.3) is 0 Å². The Morgan fingerprint density at radius 3 is 2.81 bits per heavy atom. The molecule has 0 radical (unpaired) electrons. The fourth-order valence-corrected chi connectivity index (χ4v) is 2.63. The highest BCUT2D eigenvalue weighted by atomic mass is 16.5. The largest absolute Gasteiger partial charge is 0.384 e. The van der Waals surface area contributed by atoms with Gasteiger partial charge in [0.1, 0.15) is 5.60 Å². The van der Waals surface area contributed by atoms with E-state index in [9.17, 15) is 0 Å². The Kier molecular flexibility index (Phi) is 3.92. The van der Waals surface area contributed by atoms with Crippen molar-refractivity contribution >= 4 is 5.69 Å². The standard InChI is InChI=1S/C16H21N3O2/c1-12-6-3-4-7-13(12)17-11-8-14-18-15(19-21-14)16(20-2)9-5-10-16/h3-4,6-7,17H,5,8-11H2,1-2H3. The van der Waals surface area contributed by atoms with Crippen molar-refractivity contribution in [1.29, 1.82) is 0 Å². The maximum absolute atomic E-state index is 5.56. The molecule has 3 rings (SSSR count). The first-order chi connectivity index (χ1) is 10.2. The fourth-order valence-electron chi connectivity index (χ4n) is 2.63. The summed E-state index contributed by atoms with van der Waals surface area (Å²) in [6, 6.07) is 8.22. The summed E-state index contributed by atoms with van der Waals surface area (Å²) in [5, 5.41) is 7.48. The van der Waals surface area contributed by atoms with Crippen LogP contribution >= 0.6 is 0 Å². The van der Waals surface area contributed by atoms with Gasteiger partial charge in [0, 0.05) is 25.8 Å². The first kappa shape index (κ1) is 14.1. The molecule has 0 saturated heterocycles. The van der Waals surface area contributed by atoms with E-state index < -0.39 is 0 Å². The molecule has 0 bridgehead atoms. The van der Waals surface area contributed by atoms with Crippen LogP contribution in [0.2, 0.25) is 0 Å². The quantitative estimate of drug-likeness (QED) is 0.884. The van der Waals surface area contributed by atoms with Crippen LogP contribution in [0.3, 0.4) is 0 Å². The van der Waals surface area contributed by atoms with Gasteiger partial charge in [-0.1, -0.05) is 23.4 Å². The van der Waals surface area contributed by atoms with E-state index >= 15 is 0 Å². The molecule has 1 aromatic carbocycles. The Bertz CT molecular complexity index is 600. The third kappa shape index (κ3) is 2.78. The highest BCUT2D eigenvalue weighted by Gasteiger charge is 2.43. The van der Waals surface area contributed by atoms with Crippen LogP contribution < -0.4 is 5.32 Å². The summed E-state index contributed by atoms with van der Waals surface area (Å²) in [6.45, 7) is 2.86. The number of ether oxygens (including phenoxy) is 1. The molecule has 1 heterocycles. The summed E-state index contributed by atoms with van der Waals surface area (Å²) in [7, 11) is 1.72. The molecule has 112 valence electrons. The molecule has 1 N–H and O–H groups in total. The van der Waals surface area contributed by atoms with Gasteiger partial charge in [-0.3, -0.25) is 0 Å². The minimum Gasteiger partial charge on any atom is -0.384 e. The van der Waals surface area contributed by atoms with Gasteiger partial charge in [0.2, 0.25) is 11.7 Å². The zero-order valence-corrected chi connectivity index (χ0v) is 12.6. The number of hydrogen-bond acceptors (Lipinski definition) is 5.